The predicted octanol–water partition coefficient (Wildman–Crippen LogP) is 4.46. The van der Waals surface area contributed by atoms with E-state index in [2.05, 4.69) is 26.2 Å². The molecule has 1 aliphatic rings. The summed E-state index contributed by atoms with van der Waals surface area (Å²) in [6.45, 7) is 4.92. The van der Waals surface area contributed by atoms with Crippen LogP contribution in [0.25, 0.3) is 11.3 Å². The van der Waals surface area contributed by atoms with Crippen molar-refractivity contribution in [3.05, 3.63) is 98.8 Å². The number of rotatable bonds is 7. The number of carbonyl (C=O) groups excluding carboxylic acids is 1. The Bertz CT molecular complexity index is 1220. The number of piperazine rings is 1. The number of hydrogen-bond donors (Lipinski definition) is 2. The Morgan fingerprint density at radius 1 is 0.941 bits per heavy atom. The predicted molar refractivity (Wildman–Crippen MR) is 139 cm³/mol. The van der Waals surface area contributed by atoms with Crippen molar-refractivity contribution >= 4 is 34.8 Å². The molecule has 8 heteroatoms. The van der Waals surface area contributed by atoms with E-state index < -0.39 is 0 Å². The van der Waals surface area contributed by atoms with Gasteiger partial charge in [0.25, 0.3) is 5.91 Å². The minimum absolute atomic E-state index is 0.134. The maximum absolute atomic E-state index is 12.4. The van der Waals surface area contributed by atoms with Crippen LogP contribution in [-0.4, -0.2) is 55.1 Å². The third-order valence-electron chi connectivity index (χ3n) is 5.78. The van der Waals surface area contributed by atoms with Crippen molar-refractivity contribution in [2.45, 2.75) is 0 Å². The van der Waals surface area contributed by atoms with Gasteiger partial charge in [-0.2, -0.15) is 0 Å². The van der Waals surface area contributed by atoms with Crippen LogP contribution in [0, 0.1) is 0 Å². The number of halogens is 2. The van der Waals surface area contributed by atoms with E-state index in [1.165, 1.54) is 6.07 Å². The smallest absolute Gasteiger partial charge is 0.251 e. The summed E-state index contributed by atoms with van der Waals surface area (Å²) in [7, 11) is 0. The first-order chi connectivity index (χ1) is 16.5. The lowest BCUT2D eigenvalue weighted by atomic mass is 10.1. The Kier molecular flexibility index (Phi) is 8.06. The summed E-state index contributed by atoms with van der Waals surface area (Å²) < 4.78 is 0. The third kappa shape index (κ3) is 6.08. The maximum atomic E-state index is 12.4. The molecule has 176 valence electrons. The van der Waals surface area contributed by atoms with Crippen molar-refractivity contribution in [2.75, 3.05) is 44.2 Å². The van der Waals surface area contributed by atoms with Gasteiger partial charge < -0.3 is 15.2 Å². The second-order valence-electron chi connectivity index (χ2n) is 8.05. The lowest BCUT2D eigenvalue weighted by molar-refractivity contribution is 0.0958. The van der Waals surface area contributed by atoms with Crippen LogP contribution in [-0.2, 0) is 0 Å². The van der Waals surface area contributed by atoms with Crippen LogP contribution in [0.4, 0.5) is 5.69 Å². The van der Waals surface area contributed by atoms with E-state index in [0.717, 1.165) is 49.7 Å². The van der Waals surface area contributed by atoms with E-state index in [1.54, 1.807) is 24.3 Å². The number of H-pyrrole nitrogens is 1. The number of aromatic amines is 1. The number of nitrogens with zero attached hydrogens (tertiary/aromatic N) is 2. The highest BCUT2D eigenvalue weighted by molar-refractivity contribution is 6.43. The first kappa shape index (κ1) is 24.1. The number of nitrogens with one attached hydrogen (secondary N) is 2. The highest BCUT2D eigenvalue weighted by atomic mass is 35.5. The van der Waals surface area contributed by atoms with Crippen LogP contribution in [0.3, 0.4) is 0 Å². The molecule has 2 heterocycles. The van der Waals surface area contributed by atoms with Gasteiger partial charge in [0.2, 0.25) is 5.56 Å². The number of pyridine rings is 1. The fourth-order valence-electron chi connectivity index (χ4n) is 3.89. The van der Waals surface area contributed by atoms with Crippen LogP contribution in [0.15, 0.2) is 77.6 Å². The molecule has 1 aromatic heterocycles. The number of benzene rings is 2. The average molecular weight is 497 g/mol. The van der Waals surface area contributed by atoms with Gasteiger partial charge in [-0.1, -0.05) is 59.6 Å². The standard InChI is InChI=1S/C26H26Cl2N4O2/c27-21-5-3-7-23(25(21)28)32-17-15-31(16-18-32)14-2-1-13-29-26(34)20-11-9-19(10-12-20)22-6-4-8-24(33)30-22/h1-12H,13-18H2,(H,29,34)(H,30,33). The highest BCUT2D eigenvalue weighted by Gasteiger charge is 2.19. The normalized spacial score (nSPS) is 14.5. The topological polar surface area (TPSA) is 68.4 Å². The lowest BCUT2D eigenvalue weighted by Gasteiger charge is -2.36. The SMILES string of the molecule is O=C(NCC=CCN1CCN(c2cccc(Cl)c2Cl)CC1)c1ccc(-c2cccc(=O)[nH]2)cc1. The van der Waals surface area contributed by atoms with Gasteiger partial charge in [-0.15, -0.1) is 0 Å². The Labute approximate surface area is 208 Å². The van der Waals surface area contributed by atoms with Crippen molar-refractivity contribution in [1.82, 2.24) is 15.2 Å². The molecule has 2 N–H and O–H groups in total. The summed E-state index contributed by atoms with van der Waals surface area (Å²) >= 11 is 12.5. The van der Waals surface area contributed by atoms with Crippen molar-refractivity contribution in [2.24, 2.45) is 0 Å². The van der Waals surface area contributed by atoms with Gasteiger partial charge in [0.05, 0.1) is 15.7 Å². The molecule has 0 aliphatic carbocycles. The fraction of sp³-hybridized carbons (Fsp3) is 0.231. The molecular formula is C26H26Cl2N4O2. The van der Waals surface area contributed by atoms with Gasteiger partial charge >= 0.3 is 0 Å². The van der Waals surface area contributed by atoms with Crippen LogP contribution < -0.4 is 15.8 Å². The van der Waals surface area contributed by atoms with E-state index >= 15 is 0 Å². The number of aromatic nitrogens is 1. The summed E-state index contributed by atoms with van der Waals surface area (Å²) in [6, 6.07) is 17.9. The van der Waals surface area contributed by atoms with Gasteiger partial charge in [0.15, 0.2) is 0 Å². The zero-order valence-electron chi connectivity index (χ0n) is 18.6. The van der Waals surface area contributed by atoms with Gasteiger partial charge in [-0.3, -0.25) is 14.5 Å². The summed E-state index contributed by atoms with van der Waals surface area (Å²) in [5, 5.41) is 4.10. The van der Waals surface area contributed by atoms with Crippen LogP contribution in [0.1, 0.15) is 10.4 Å². The quantitative estimate of drug-likeness (QED) is 0.474. The lowest BCUT2D eigenvalue weighted by Crippen LogP contribution is -2.46. The van der Waals surface area contributed by atoms with Crippen molar-refractivity contribution in [1.29, 1.82) is 0 Å². The average Bonchev–Trinajstić information content (AvgIpc) is 2.86. The van der Waals surface area contributed by atoms with E-state index in [0.29, 0.717) is 22.2 Å². The first-order valence-corrected chi connectivity index (χ1v) is 11.9. The molecule has 0 radical (unpaired) electrons. The summed E-state index contributed by atoms with van der Waals surface area (Å²) in [5.74, 6) is -0.134. The monoisotopic (exact) mass is 496 g/mol. The second kappa shape index (κ2) is 11.4. The molecule has 0 bridgehead atoms. The number of anilines is 1. The molecule has 1 saturated heterocycles. The van der Waals surface area contributed by atoms with Gasteiger partial charge in [-0.25, -0.2) is 0 Å². The van der Waals surface area contributed by atoms with Crippen molar-refractivity contribution in [3.8, 4) is 11.3 Å². The van der Waals surface area contributed by atoms with E-state index in [1.807, 2.05) is 36.4 Å². The molecule has 6 nitrogen and oxygen atoms in total. The van der Waals surface area contributed by atoms with Crippen molar-refractivity contribution in [3.63, 3.8) is 0 Å². The molecule has 0 unspecified atom stereocenters. The Balaban J connectivity index is 1.19. The third-order valence-corrected chi connectivity index (χ3v) is 6.59. The molecule has 1 aliphatic heterocycles. The fourth-order valence-corrected chi connectivity index (χ4v) is 4.30. The molecule has 1 amide bonds. The molecule has 4 rings (SSSR count). The van der Waals surface area contributed by atoms with E-state index in [4.69, 9.17) is 23.2 Å². The molecule has 0 atom stereocenters. The maximum Gasteiger partial charge on any atom is 0.251 e. The van der Waals surface area contributed by atoms with Crippen LogP contribution >= 0.6 is 23.2 Å². The minimum Gasteiger partial charge on any atom is -0.368 e. The molecule has 2 aromatic carbocycles. The Morgan fingerprint density at radius 3 is 2.41 bits per heavy atom. The Morgan fingerprint density at radius 2 is 1.68 bits per heavy atom. The van der Waals surface area contributed by atoms with Crippen molar-refractivity contribution < 1.29 is 4.79 Å². The van der Waals surface area contributed by atoms with E-state index in [9.17, 15) is 9.59 Å². The molecular weight excluding hydrogens is 471 g/mol. The zero-order valence-corrected chi connectivity index (χ0v) is 20.1. The largest absolute Gasteiger partial charge is 0.368 e. The summed E-state index contributed by atoms with van der Waals surface area (Å²) in [6.07, 6.45) is 4.05. The molecule has 34 heavy (non-hydrogen) atoms. The van der Waals surface area contributed by atoms with Gasteiger partial charge in [-0.05, 0) is 35.9 Å². The second-order valence-corrected chi connectivity index (χ2v) is 8.83. The highest BCUT2D eigenvalue weighted by Crippen LogP contribution is 2.32. The number of carbonyl (C=O) groups is 1. The molecule has 0 spiro atoms. The van der Waals surface area contributed by atoms with Crippen LogP contribution in [0.2, 0.25) is 10.0 Å². The molecule has 0 saturated carbocycles. The summed E-state index contributed by atoms with van der Waals surface area (Å²) in [4.78, 5) is 31.3. The molecule has 3 aromatic rings. The van der Waals surface area contributed by atoms with Crippen LogP contribution in [0.5, 0.6) is 0 Å². The Hall–Kier alpha value is -3.06. The zero-order chi connectivity index (χ0) is 23.9. The number of hydrogen-bond acceptors (Lipinski definition) is 4. The summed E-state index contributed by atoms with van der Waals surface area (Å²) in [5.41, 5.74) is 2.98. The molecule has 1 fully saturated rings. The minimum atomic E-state index is -0.154. The first-order valence-electron chi connectivity index (χ1n) is 11.2. The number of amides is 1. The van der Waals surface area contributed by atoms with E-state index in [-0.39, 0.29) is 11.5 Å². The van der Waals surface area contributed by atoms with Gasteiger partial charge in [0.1, 0.15) is 0 Å². The van der Waals surface area contributed by atoms with Gasteiger partial charge in [0, 0.05) is 56.6 Å².